The first-order valence-corrected chi connectivity index (χ1v) is 7.24. The summed E-state index contributed by atoms with van der Waals surface area (Å²) < 4.78 is 25.3. The smallest absolute Gasteiger partial charge is 0.246 e. The van der Waals surface area contributed by atoms with Crippen molar-refractivity contribution < 1.29 is 13.2 Å². The minimum Gasteiger partial charge on any atom is -0.322 e. The number of nitrogens with one attached hydrogen (secondary N) is 2. The highest BCUT2D eigenvalue weighted by Crippen LogP contribution is 2.04. The third-order valence-electron chi connectivity index (χ3n) is 1.98. The molecular formula is C9H11N7O3S. The van der Waals surface area contributed by atoms with Crippen molar-refractivity contribution in [3.63, 3.8) is 0 Å². The van der Waals surface area contributed by atoms with Crippen LogP contribution >= 0.6 is 0 Å². The molecule has 0 aromatic carbocycles. The Bertz CT molecular complexity index is 697. The molecule has 0 saturated carbocycles. The molecule has 0 spiro atoms. The van der Waals surface area contributed by atoms with Crippen LogP contribution in [0, 0.1) is 0 Å². The first-order valence-electron chi connectivity index (χ1n) is 5.35. The van der Waals surface area contributed by atoms with Crippen molar-refractivity contribution in [3.8, 4) is 0 Å². The lowest BCUT2D eigenvalue weighted by molar-refractivity contribution is -0.116. The molecule has 0 aliphatic rings. The summed E-state index contributed by atoms with van der Waals surface area (Å²) in [6.45, 7) is -0.118. The Hall–Kier alpha value is -2.56. The number of hydrogen-bond donors (Lipinski definition) is 2. The number of anilines is 2. The quantitative estimate of drug-likeness (QED) is 0.729. The van der Waals surface area contributed by atoms with Crippen LogP contribution in [0.2, 0.25) is 0 Å². The van der Waals surface area contributed by atoms with E-state index in [2.05, 4.69) is 30.3 Å². The van der Waals surface area contributed by atoms with Gasteiger partial charge in [-0.15, -0.1) is 5.10 Å². The maximum absolute atomic E-state index is 11.7. The number of amides is 1. The van der Waals surface area contributed by atoms with Crippen molar-refractivity contribution >= 4 is 27.4 Å². The molecule has 0 bridgehead atoms. The molecule has 2 N–H and O–H groups in total. The summed E-state index contributed by atoms with van der Waals surface area (Å²) in [6.07, 6.45) is 6.54. The number of carbonyl (C=O) groups is 1. The zero-order valence-electron chi connectivity index (χ0n) is 10.4. The number of sulfonamides is 1. The zero-order chi connectivity index (χ0) is 14.6. The third kappa shape index (κ3) is 4.28. The van der Waals surface area contributed by atoms with Crippen LogP contribution in [0.1, 0.15) is 0 Å². The summed E-state index contributed by atoms with van der Waals surface area (Å²) in [5.41, 5.74) is 0.451. The minimum atomic E-state index is -3.42. The second-order valence-corrected chi connectivity index (χ2v) is 5.60. The lowest BCUT2D eigenvalue weighted by Crippen LogP contribution is -2.19. The molecule has 106 valence electrons. The van der Waals surface area contributed by atoms with E-state index in [9.17, 15) is 13.2 Å². The van der Waals surface area contributed by atoms with E-state index >= 15 is 0 Å². The molecule has 20 heavy (non-hydrogen) atoms. The summed E-state index contributed by atoms with van der Waals surface area (Å²) in [6, 6.07) is 0. The van der Waals surface area contributed by atoms with E-state index in [4.69, 9.17) is 0 Å². The largest absolute Gasteiger partial charge is 0.322 e. The molecule has 2 aromatic heterocycles. The highest BCUT2D eigenvalue weighted by molar-refractivity contribution is 7.92. The van der Waals surface area contributed by atoms with Crippen molar-refractivity contribution in [3.05, 3.63) is 24.9 Å². The van der Waals surface area contributed by atoms with Gasteiger partial charge in [0.1, 0.15) is 12.9 Å². The highest BCUT2D eigenvalue weighted by Gasteiger charge is 2.09. The Labute approximate surface area is 114 Å². The van der Waals surface area contributed by atoms with Gasteiger partial charge in [0, 0.05) is 0 Å². The molecule has 0 aliphatic heterocycles. The van der Waals surface area contributed by atoms with Gasteiger partial charge in [0.15, 0.2) is 5.82 Å². The van der Waals surface area contributed by atoms with Crippen molar-refractivity contribution in [1.82, 2.24) is 25.0 Å². The summed E-state index contributed by atoms with van der Waals surface area (Å²) >= 11 is 0. The van der Waals surface area contributed by atoms with E-state index < -0.39 is 10.0 Å². The lowest BCUT2D eigenvalue weighted by Gasteiger charge is -2.03. The predicted octanol–water partition coefficient (Wildman–Crippen LogP) is -0.922. The van der Waals surface area contributed by atoms with Crippen LogP contribution in [0.5, 0.6) is 0 Å². The van der Waals surface area contributed by atoms with Gasteiger partial charge in [-0.1, -0.05) is 5.21 Å². The Balaban J connectivity index is 1.95. The molecule has 2 heterocycles. The average Bonchev–Trinajstić information content (AvgIpc) is 2.75. The van der Waals surface area contributed by atoms with E-state index in [-0.39, 0.29) is 18.3 Å². The van der Waals surface area contributed by atoms with Crippen LogP contribution in [0.3, 0.4) is 0 Å². The number of hydrogen-bond acceptors (Lipinski definition) is 7. The summed E-state index contributed by atoms with van der Waals surface area (Å²) in [5.74, 6) is -0.320. The third-order valence-corrected chi connectivity index (χ3v) is 2.56. The highest BCUT2D eigenvalue weighted by atomic mass is 32.2. The number of aromatic nitrogens is 5. The van der Waals surface area contributed by atoms with E-state index in [1.54, 1.807) is 0 Å². The monoisotopic (exact) mass is 297 g/mol. The van der Waals surface area contributed by atoms with Crippen LogP contribution in [0.15, 0.2) is 24.9 Å². The topological polar surface area (TPSA) is 132 Å². The molecule has 0 unspecified atom stereocenters. The van der Waals surface area contributed by atoms with Crippen molar-refractivity contribution in [2.24, 2.45) is 0 Å². The van der Waals surface area contributed by atoms with Gasteiger partial charge in [-0.05, 0) is 0 Å². The normalized spacial score (nSPS) is 11.1. The summed E-state index contributed by atoms with van der Waals surface area (Å²) in [4.78, 5) is 19.2. The number of rotatable bonds is 5. The van der Waals surface area contributed by atoms with Crippen molar-refractivity contribution in [2.75, 3.05) is 16.3 Å². The van der Waals surface area contributed by atoms with Crippen molar-refractivity contribution in [2.45, 2.75) is 6.54 Å². The molecule has 0 radical (unpaired) electrons. The van der Waals surface area contributed by atoms with Crippen LogP contribution in [-0.2, 0) is 21.4 Å². The van der Waals surface area contributed by atoms with E-state index in [1.807, 2.05) is 0 Å². The molecule has 0 aliphatic carbocycles. The Morgan fingerprint density at radius 3 is 2.70 bits per heavy atom. The lowest BCUT2D eigenvalue weighted by atomic mass is 10.5. The molecule has 2 aromatic rings. The van der Waals surface area contributed by atoms with E-state index in [1.165, 1.54) is 29.6 Å². The molecule has 0 fully saturated rings. The first kappa shape index (κ1) is 13.9. The molecular weight excluding hydrogens is 286 g/mol. The average molecular weight is 297 g/mol. The standard InChI is InChI=1S/C9H11N7O3S/c1-20(18,19)14-8-4-16(15-13-8)5-9(17)12-7-2-10-6-11-3-7/h2-4,6,14H,5H2,1H3,(H,12,17). The Morgan fingerprint density at radius 2 is 2.05 bits per heavy atom. The second-order valence-electron chi connectivity index (χ2n) is 3.85. The molecule has 11 heteroatoms. The van der Waals surface area contributed by atoms with Crippen LogP contribution in [0.25, 0.3) is 0 Å². The van der Waals surface area contributed by atoms with E-state index in [0.29, 0.717) is 5.69 Å². The van der Waals surface area contributed by atoms with Gasteiger partial charge < -0.3 is 5.32 Å². The maximum atomic E-state index is 11.7. The van der Waals surface area contributed by atoms with Crippen LogP contribution in [-0.4, -0.2) is 45.5 Å². The van der Waals surface area contributed by atoms with E-state index in [0.717, 1.165) is 6.26 Å². The molecule has 10 nitrogen and oxygen atoms in total. The molecule has 0 atom stereocenters. The predicted molar refractivity (Wildman–Crippen MR) is 69.2 cm³/mol. The Kier molecular flexibility index (Phi) is 3.89. The maximum Gasteiger partial charge on any atom is 0.246 e. The summed E-state index contributed by atoms with van der Waals surface area (Å²) in [7, 11) is -3.42. The number of nitrogens with zero attached hydrogens (tertiary/aromatic N) is 5. The van der Waals surface area contributed by atoms with Gasteiger partial charge in [-0.2, -0.15) is 0 Å². The Morgan fingerprint density at radius 1 is 1.35 bits per heavy atom. The van der Waals surface area contributed by atoms with Crippen LogP contribution < -0.4 is 10.0 Å². The summed E-state index contributed by atoms with van der Waals surface area (Å²) in [5, 5.41) is 9.77. The fourth-order valence-electron chi connectivity index (χ4n) is 1.32. The van der Waals surface area contributed by atoms with Crippen molar-refractivity contribution in [1.29, 1.82) is 0 Å². The molecule has 0 saturated heterocycles. The molecule has 2 rings (SSSR count). The second kappa shape index (κ2) is 5.61. The van der Waals surface area contributed by atoms with Gasteiger partial charge in [0.25, 0.3) is 0 Å². The van der Waals surface area contributed by atoms with Gasteiger partial charge in [0.2, 0.25) is 15.9 Å². The first-order chi connectivity index (χ1) is 9.42. The van der Waals surface area contributed by atoms with Crippen LogP contribution in [0.4, 0.5) is 11.5 Å². The minimum absolute atomic E-state index is 0.0448. The fourth-order valence-corrected chi connectivity index (χ4v) is 1.80. The SMILES string of the molecule is CS(=O)(=O)Nc1cn(CC(=O)Nc2cncnc2)nn1. The van der Waals surface area contributed by atoms with Gasteiger partial charge in [-0.3, -0.25) is 9.52 Å². The fraction of sp³-hybridized carbons (Fsp3) is 0.222. The van der Waals surface area contributed by atoms with Gasteiger partial charge >= 0.3 is 0 Å². The number of carbonyl (C=O) groups excluding carboxylic acids is 1. The zero-order valence-corrected chi connectivity index (χ0v) is 11.2. The van der Waals surface area contributed by atoms with Gasteiger partial charge in [0.05, 0.1) is 30.5 Å². The van der Waals surface area contributed by atoms with Gasteiger partial charge in [-0.25, -0.2) is 23.1 Å². The molecule has 1 amide bonds.